The molecule has 0 unspecified atom stereocenters. The maximum Gasteiger partial charge on any atom is 0.427 e. The highest BCUT2D eigenvalue weighted by atomic mass is 16.5. The summed E-state index contributed by atoms with van der Waals surface area (Å²) in [6.45, 7) is 1.93. The molecule has 2 heterocycles. The molecule has 0 spiro atoms. The second-order valence-electron chi connectivity index (χ2n) is 6.29. The summed E-state index contributed by atoms with van der Waals surface area (Å²) in [4.78, 5) is 24.1. The second kappa shape index (κ2) is 8.44. The predicted octanol–water partition coefficient (Wildman–Crippen LogP) is 3.73. The van der Waals surface area contributed by atoms with Crippen LogP contribution in [0.2, 0.25) is 0 Å². The van der Waals surface area contributed by atoms with Crippen molar-refractivity contribution in [1.82, 2.24) is 15.2 Å². The molecule has 150 valence electrons. The number of carbonyl (C=O) groups is 1. The number of aromatic nitrogens is 2. The largest absolute Gasteiger partial charge is 0.449 e. The fourth-order valence-electron chi connectivity index (χ4n) is 2.95. The van der Waals surface area contributed by atoms with Crippen LogP contribution in [0.4, 0.5) is 4.79 Å². The monoisotopic (exact) mass is 402 g/mol. The number of ether oxygens (including phenoxy) is 1. The van der Waals surface area contributed by atoms with E-state index < -0.39 is 11.7 Å². The summed E-state index contributed by atoms with van der Waals surface area (Å²) in [5.74, 6) is 0. The quantitative estimate of drug-likeness (QED) is 0.312. The van der Waals surface area contributed by atoms with Crippen LogP contribution in [0.5, 0.6) is 0 Å². The van der Waals surface area contributed by atoms with Gasteiger partial charge in [0.15, 0.2) is 0 Å². The van der Waals surface area contributed by atoms with E-state index >= 15 is 0 Å². The molecule has 0 radical (unpaired) electrons. The van der Waals surface area contributed by atoms with Gasteiger partial charge in [-0.05, 0) is 31.2 Å². The van der Waals surface area contributed by atoms with Crippen LogP contribution >= 0.6 is 0 Å². The van der Waals surface area contributed by atoms with Crippen molar-refractivity contribution in [1.29, 1.82) is 0 Å². The number of fused-ring (bicyclic) bond motifs is 1. The molecule has 0 aliphatic carbocycles. The molecule has 2 aromatic carbocycles. The lowest BCUT2D eigenvalue weighted by molar-refractivity contribution is 0.152. The topological polar surface area (TPSA) is 98.7 Å². The number of nitrogens with one attached hydrogen (secondary N) is 1. The Bertz CT molecular complexity index is 1280. The number of rotatable bonds is 5. The molecule has 2 aromatic heterocycles. The number of para-hydroxylation sites is 2. The molecule has 30 heavy (non-hydrogen) atoms. The van der Waals surface area contributed by atoms with Crippen LogP contribution < -0.4 is 11.1 Å². The zero-order valence-electron chi connectivity index (χ0n) is 16.1. The highest BCUT2D eigenvalue weighted by molar-refractivity contribution is 5.91. The average Bonchev–Trinajstić information content (AvgIpc) is 3.18. The van der Waals surface area contributed by atoms with E-state index in [1.54, 1.807) is 36.0 Å². The number of benzene rings is 2. The minimum Gasteiger partial charge on any atom is -0.449 e. The van der Waals surface area contributed by atoms with Gasteiger partial charge in [0.25, 0.3) is 0 Å². The molecule has 1 N–H and O–H groups in total. The molecule has 1 amide bonds. The molecular weight excluding hydrogens is 384 g/mol. The Kier molecular flexibility index (Phi) is 5.38. The number of carbonyl (C=O) groups excluding carboxylic acids is 1. The lowest BCUT2D eigenvalue weighted by Crippen LogP contribution is -2.18. The van der Waals surface area contributed by atoms with Gasteiger partial charge in [-0.25, -0.2) is 19.7 Å². The van der Waals surface area contributed by atoms with Crippen molar-refractivity contribution >= 4 is 23.3 Å². The number of hydrogen-bond acceptors (Lipinski definition) is 6. The molecule has 8 nitrogen and oxygen atoms in total. The fraction of sp³-hybridized carbons (Fsp3) is 0.0909. The molecule has 0 atom stereocenters. The van der Waals surface area contributed by atoms with E-state index in [-0.39, 0.29) is 6.61 Å². The molecular formula is C22H18N4O4. The summed E-state index contributed by atoms with van der Waals surface area (Å²) in [5.41, 5.74) is 4.26. The lowest BCUT2D eigenvalue weighted by Gasteiger charge is -2.02. The molecule has 4 rings (SSSR count). The maximum absolute atomic E-state index is 12.6. The van der Waals surface area contributed by atoms with E-state index in [0.717, 1.165) is 11.1 Å². The highest BCUT2D eigenvalue weighted by Gasteiger charge is 2.16. The van der Waals surface area contributed by atoms with Crippen LogP contribution in [0.1, 0.15) is 12.5 Å². The third-order valence-electron chi connectivity index (χ3n) is 4.29. The summed E-state index contributed by atoms with van der Waals surface area (Å²) in [6, 6.07) is 18.4. The number of hydrogen-bond donors (Lipinski definition) is 1. The molecule has 0 aliphatic rings. The first-order chi connectivity index (χ1) is 14.7. The van der Waals surface area contributed by atoms with Crippen LogP contribution in [0.25, 0.3) is 27.9 Å². The fourth-order valence-corrected chi connectivity index (χ4v) is 2.95. The smallest absolute Gasteiger partial charge is 0.427 e. The summed E-state index contributed by atoms with van der Waals surface area (Å²) in [5, 5.41) is 9.26. The summed E-state index contributed by atoms with van der Waals surface area (Å²) >= 11 is 0. The lowest BCUT2D eigenvalue weighted by atomic mass is 10.1. The minimum atomic E-state index is -0.670. The molecule has 0 fully saturated rings. The van der Waals surface area contributed by atoms with Crippen LogP contribution in [0, 0.1) is 0 Å². The van der Waals surface area contributed by atoms with Crippen LogP contribution in [-0.4, -0.2) is 28.7 Å². The van der Waals surface area contributed by atoms with E-state index in [4.69, 9.17) is 9.15 Å². The molecule has 8 heteroatoms. The summed E-state index contributed by atoms with van der Waals surface area (Å²) in [6.07, 6.45) is 2.46. The predicted molar refractivity (Wildman–Crippen MR) is 113 cm³/mol. The number of amides is 1. The van der Waals surface area contributed by atoms with Gasteiger partial charge < -0.3 is 9.15 Å². The van der Waals surface area contributed by atoms with Crippen molar-refractivity contribution in [3.05, 3.63) is 82.8 Å². The third kappa shape index (κ3) is 3.97. The van der Waals surface area contributed by atoms with E-state index in [0.29, 0.717) is 22.4 Å². The molecule has 4 aromatic rings. The van der Waals surface area contributed by atoms with Gasteiger partial charge in [0.1, 0.15) is 11.3 Å². The van der Waals surface area contributed by atoms with E-state index in [9.17, 15) is 9.59 Å². The van der Waals surface area contributed by atoms with Crippen molar-refractivity contribution in [2.45, 2.75) is 6.92 Å². The van der Waals surface area contributed by atoms with Gasteiger partial charge in [-0.1, -0.05) is 36.4 Å². The van der Waals surface area contributed by atoms with Gasteiger partial charge in [-0.3, -0.25) is 0 Å². The van der Waals surface area contributed by atoms with Gasteiger partial charge in [0.05, 0.1) is 24.1 Å². The van der Waals surface area contributed by atoms with Crippen molar-refractivity contribution in [3.8, 4) is 16.9 Å². The number of hydrazone groups is 1. The maximum atomic E-state index is 12.6. The molecule has 0 aliphatic heterocycles. The Morgan fingerprint density at radius 1 is 1.20 bits per heavy atom. The first kappa shape index (κ1) is 19.1. The Morgan fingerprint density at radius 3 is 2.77 bits per heavy atom. The average molecular weight is 402 g/mol. The Hall–Kier alpha value is -4.20. The zero-order chi connectivity index (χ0) is 20.9. The van der Waals surface area contributed by atoms with Gasteiger partial charge in [-0.2, -0.15) is 10.2 Å². The van der Waals surface area contributed by atoms with Crippen LogP contribution in [0.15, 0.2) is 81.2 Å². The van der Waals surface area contributed by atoms with Crippen molar-refractivity contribution in [2.75, 3.05) is 6.61 Å². The van der Waals surface area contributed by atoms with Crippen molar-refractivity contribution in [2.24, 2.45) is 5.10 Å². The standard InChI is InChI=1S/C22H18N4O4/c1-2-29-22(28)24-23-13-16-14-26(17-9-4-3-5-10-17)25-20(16)18-12-15-8-6-7-11-19(15)30-21(18)27/h3-14H,2H2,1H3,(H,24,28). The van der Waals surface area contributed by atoms with Gasteiger partial charge >= 0.3 is 11.7 Å². The van der Waals surface area contributed by atoms with Crippen molar-refractivity contribution < 1.29 is 13.9 Å². The van der Waals surface area contributed by atoms with Crippen LogP contribution in [0.3, 0.4) is 0 Å². The van der Waals surface area contributed by atoms with E-state index in [1.165, 1.54) is 6.21 Å². The van der Waals surface area contributed by atoms with E-state index in [1.807, 2.05) is 42.5 Å². The molecule has 0 saturated carbocycles. The van der Waals surface area contributed by atoms with Gasteiger partial charge in [0, 0.05) is 17.1 Å². The number of nitrogens with zero attached hydrogens (tertiary/aromatic N) is 3. The highest BCUT2D eigenvalue weighted by Crippen LogP contribution is 2.23. The van der Waals surface area contributed by atoms with Gasteiger partial charge in [-0.15, -0.1) is 0 Å². The zero-order valence-corrected chi connectivity index (χ0v) is 16.1. The third-order valence-corrected chi connectivity index (χ3v) is 4.29. The SMILES string of the molecule is CCOC(=O)NN=Cc1cn(-c2ccccc2)nc1-c1cc2ccccc2oc1=O. The first-order valence-electron chi connectivity index (χ1n) is 9.30. The molecule has 0 saturated heterocycles. The Labute approximate surface area is 171 Å². The Morgan fingerprint density at radius 2 is 1.97 bits per heavy atom. The van der Waals surface area contributed by atoms with Gasteiger partial charge in [0.2, 0.25) is 0 Å². The Balaban J connectivity index is 1.80. The second-order valence-corrected chi connectivity index (χ2v) is 6.29. The van der Waals surface area contributed by atoms with E-state index in [2.05, 4.69) is 15.6 Å². The van der Waals surface area contributed by atoms with Crippen molar-refractivity contribution in [3.63, 3.8) is 0 Å². The van der Waals surface area contributed by atoms with Crippen LogP contribution in [-0.2, 0) is 4.74 Å². The summed E-state index contributed by atoms with van der Waals surface area (Å²) < 4.78 is 11.9. The molecule has 0 bridgehead atoms. The summed E-state index contributed by atoms with van der Waals surface area (Å²) in [7, 11) is 0. The normalized spacial score (nSPS) is 11.1. The first-order valence-corrected chi connectivity index (χ1v) is 9.30. The minimum absolute atomic E-state index is 0.233.